The van der Waals surface area contributed by atoms with Gasteiger partial charge in [-0.05, 0) is 43.5 Å². The van der Waals surface area contributed by atoms with Crippen molar-refractivity contribution in [3.05, 3.63) is 41.1 Å². The maximum Gasteiger partial charge on any atom is 0.433 e. The number of hydrogen-bond donors (Lipinski definition) is 1. The molecule has 1 atom stereocenters. The van der Waals surface area contributed by atoms with E-state index in [0.29, 0.717) is 0 Å². The first-order valence-electron chi connectivity index (χ1n) is 7.46. The lowest BCUT2D eigenvalue weighted by Gasteiger charge is -2.17. The highest BCUT2D eigenvalue weighted by Crippen LogP contribution is 2.38. The fraction of sp³-hybridized carbons (Fsp3) is 0.438. The van der Waals surface area contributed by atoms with Crippen LogP contribution in [0.2, 0.25) is 0 Å². The van der Waals surface area contributed by atoms with Crippen molar-refractivity contribution in [3.8, 4) is 0 Å². The first-order chi connectivity index (χ1) is 11.2. The molecular formula is C16H14F6N2. The number of hydrogen-bond acceptors (Lipinski definition) is 2. The van der Waals surface area contributed by atoms with Gasteiger partial charge in [-0.1, -0.05) is 12.1 Å². The Hall–Kier alpha value is -1.83. The maximum atomic E-state index is 13.1. The van der Waals surface area contributed by atoms with Crippen LogP contribution in [0.3, 0.4) is 0 Å². The second-order valence-corrected chi connectivity index (χ2v) is 5.86. The van der Waals surface area contributed by atoms with Gasteiger partial charge in [-0.3, -0.25) is 0 Å². The van der Waals surface area contributed by atoms with E-state index in [0.717, 1.165) is 31.5 Å². The van der Waals surface area contributed by atoms with E-state index >= 15 is 0 Å². The lowest BCUT2D eigenvalue weighted by Crippen LogP contribution is -2.24. The van der Waals surface area contributed by atoms with Crippen molar-refractivity contribution >= 4 is 10.9 Å². The third-order valence-corrected chi connectivity index (χ3v) is 4.15. The quantitative estimate of drug-likeness (QED) is 0.805. The number of nitrogens with one attached hydrogen (secondary N) is 1. The van der Waals surface area contributed by atoms with Crippen LogP contribution in [0.25, 0.3) is 10.9 Å². The third kappa shape index (κ3) is 3.33. The first-order valence-corrected chi connectivity index (χ1v) is 7.46. The lowest BCUT2D eigenvalue weighted by atomic mass is 9.97. The van der Waals surface area contributed by atoms with Gasteiger partial charge in [0.25, 0.3) is 0 Å². The van der Waals surface area contributed by atoms with Crippen molar-refractivity contribution in [2.75, 3.05) is 6.54 Å². The van der Waals surface area contributed by atoms with Gasteiger partial charge in [0.1, 0.15) is 5.69 Å². The highest BCUT2D eigenvalue weighted by molar-refractivity contribution is 5.86. The Kier molecular flexibility index (Phi) is 4.19. The van der Waals surface area contributed by atoms with Gasteiger partial charge in [-0.15, -0.1) is 0 Å². The van der Waals surface area contributed by atoms with Crippen molar-refractivity contribution in [1.29, 1.82) is 0 Å². The lowest BCUT2D eigenvalue weighted by molar-refractivity contribution is -0.142. The molecule has 3 rings (SSSR count). The summed E-state index contributed by atoms with van der Waals surface area (Å²) < 4.78 is 78.7. The molecule has 24 heavy (non-hydrogen) atoms. The topological polar surface area (TPSA) is 24.9 Å². The fourth-order valence-electron chi connectivity index (χ4n) is 3.06. The van der Waals surface area contributed by atoms with Gasteiger partial charge in [0.2, 0.25) is 0 Å². The van der Waals surface area contributed by atoms with Crippen molar-refractivity contribution in [1.82, 2.24) is 10.3 Å². The molecule has 0 aliphatic carbocycles. The Bertz CT molecular complexity index is 745. The monoisotopic (exact) mass is 348 g/mol. The molecule has 2 nitrogen and oxygen atoms in total. The molecule has 1 saturated heterocycles. The molecule has 0 saturated carbocycles. The number of alkyl halides is 6. The first kappa shape index (κ1) is 17.0. The molecule has 1 fully saturated rings. The zero-order valence-electron chi connectivity index (χ0n) is 12.4. The van der Waals surface area contributed by atoms with Crippen molar-refractivity contribution in [2.45, 2.75) is 37.7 Å². The molecule has 1 N–H and O–H groups in total. The standard InChI is InChI=1S/C16H14F6N2/c17-15(18,19)12-5-1-4-11-9(7-10-3-2-6-23-10)8-13(16(20,21)22)24-14(11)12/h1,4-5,8,10,23H,2-3,6-7H2. The summed E-state index contributed by atoms with van der Waals surface area (Å²) in [4.78, 5) is 3.28. The van der Waals surface area contributed by atoms with Gasteiger partial charge < -0.3 is 5.32 Å². The highest BCUT2D eigenvalue weighted by Gasteiger charge is 2.37. The number of halogens is 6. The van der Waals surface area contributed by atoms with Gasteiger partial charge in [-0.25, -0.2) is 4.98 Å². The molecule has 2 aromatic rings. The molecule has 8 heteroatoms. The second-order valence-electron chi connectivity index (χ2n) is 5.86. The summed E-state index contributed by atoms with van der Waals surface area (Å²) in [5, 5.41) is 3.27. The van der Waals surface area contributed by atoms with E-state index < -0.39 is 29.1 Å². The summed E-state index contributed by atoms with van der Waals surface area (Å²) in [5.41, 5.74) is -2.85. The normalized spacial score (nSPS) is 19.2. The molecule has 0 amide bonds. The highest BCUT2D eigenvalue weighted by atomic mass is 19.4. The summed E-state index contributed by atoms with van der Waals surface area (Å²) in [6.45, 7) is 0.758. The second kappa shape index (κ2) is 5.91. The van der Waals surface area contributed by atoms with Crippen LogP contribution in [0.5, 0.6) is 0 Å². The molecule has 130 valence electrons. The molecule has 2 heterocycles. The number of rotatable bonds is 2. The van der Waals surface area contributed by atoms with Gasteiger partial charge >= 0.3 is 12.4 Å². The zero-order valence-corrected chi connectivity index (χ0v) is 12.4. The molecule has 1 aromatic carbocycles. The molecular weight excluding hydrogens is 334 g/mol. The van der Waals surface area contributed by atoms with Gasteiger partial charge in [0.05, 0.1) is 11.1 Å². The number of fused-ring (bicyclic) bond motifs is 1. The van der Waals surface area contributed by atoms with Crippen LogP contribution in [0.1, 0.15) is 29.7 Å². The minimum Gasteiger partial charge on any atom is -0.314 e. The van der Waals surface area contributed by atoms with E-state index in [2.05, 4.69) is 10.3 Å². The van der Waals surface area contributed by atoms with Crippen LogP contribution in [-0.4, -0.2) is 17.6 Å². The summed E-state index contributed by atoms with van der Waals surface area (Å²) in [7, 11) is 0. The van der Waals surface area contributed by atoms with Crippen LogP contribution < -0.4 is 5.32 Å². The Balaban J connectivity index is 2.21. The number of benzene rings is 1. The van der Waals surface area contributed by atoms with E-state index in [9.17, 15) is 26.3 Å². The van der Waals surface area contributed by atoms with Gasteiger partial charge in [0, 0.05) is 11.4 Å². The van der Waals surface area contributed by atoms with Crippen LogP contribution in [0, 0.1) is 0 Å². The predicted molar refractivity (Wildman–Crippen MR) is 76.5 cm³/mol. The summed E-state index contributed by atoms with van der Waals surface area (Å²) in [6, 6.07) is 4.18. The van der Waals surface area contributed by atoms with Gasteiger partial charge in [0.15, 0.2) is 0 Å². The minimum absolute atomic E-state index is 0.0359. The van der Waals surface area contributed by atoms with Gasteiger partial charge in [-0.2, -0.15) is 26.3 Å². The molecule has 1 aliphatic heterocycles. The van der Waals surface area contributed by atoms with Crippen molar-refractivity contribution < 1.29 is 26.3 Å². The van der Waals surface area contributed by atoms with E-state index in [4.69, 9.17) is 0 Å². The Labute approximate surface area is 133 Å². The molecule has 1 aliphatic rings. The Morgan fingerprint density at radius 3 is 2.42 bits per heavy atom. The minimum atomic E-state index is -4.80. The summed E-state index contributed by atoms with van der Waals surface area (Å²) in [6.07, 6.45) is -7.65. The van der Waals surface area contributed by atoms with E-state index in [1.54, 1.807) is 0 Å². The summed E-state index contributed by atoms with van der Waals surface area (Å²) >= 11 is 0. The van der Waals surface area contributed by atoms with Crippen LogP contribution >= 0.6 is 0 Å². The van der Waals surface area contributed by atoms with Crippen LogP contribution in [0.15, 0.2) is 24.3 Å². The van der Waals surface area contributed by atoms with E-state index in [1.165, 1.54) is 12.1 Å². The zero-order chi connectivity index (χ0) is 17.5. The SMILES string of the molecule is FC(F)(F)c1cc(CC2CCCN2)c2cccc(C(F)(F)F)c2n1. The molecule has 1 unspecified atom stereocenters. The Morgan fingerprint density at radius 2 is 1.83 bits per heavy atom. The number of pyridine rings is 1. The average molecular weight is 348 g/mol. The van der Waals surface area contributed by atoms with E-state index in [1.807, 2.05) is 0 Å². The smallest absolute Gasteiger partial charge is 0.314 e. The van der Waals surface area contributed by atoms with Crippen molar-refractivity contribution in [2.24, 2.45) is 0 Å². The largest absolute Gasteiger partial charge is 0.433 e. The van der Waals surface area contributed by atoms with Crippen LogP contribution in [0.4, 0.5) is 26.3 Å². The number of aromatic nitrogens is 1. The average Bonchev–Trinajstić information content (AvgIpc) is 2.97. The van der Waals surface area contributed by atoms with E-state index in [-0.39, 0.29) is 23.4 Å². The Morgan fingerprint density at radius 1 is 1.08 bits per heavy atom. The predicted octanol–water partition coefficient (Wildman–Crippen LogP) is 4.57. The molecule has 0 spiro atoms. The fourth-order valence-corrected chi connectivity index (χ4v) is 3.06. The number of nitrogens with zero attached hydrogens (tertiary/aromatic N) is 1. The van der Waals surface area contributed by atoms with Crippen LogP contribution in [-0.2, 0) is 18.8 Å². The maximum absolute atomic E-state index is 13.1. The third-order valence-electron chi connectivity index (χ3n) is 4.15. The molecule has 1 aromatic heterocycles. The van der Waals surface area contributed by atoms with Crippen molar-refractivity contribution in [3.63, 3.8) is 0 Å². The number of para-hydroxylation sites is 1. The molecule has 0 bridgehead atoms. The summed E-state index contributed by atoms with van der Waals surface area (Å²) in [5.74, 6) is 0. The molecule has 0 radical (unpaired) electrons.